The number of anilines is 1. The van der Waals surface area contributed by atoms with Gasteiger partial charge in [-0.05, 0) is 68.4 Å². The molecule has 2 N–H and O–H groups in total. The van der Waals surface area contributed by atoms with Gasteiger partial charge in [-0.2, -0.15) is 0 Å². The third kappa shape index (κ3) is 6.40. The summed E-state index contributed by atoms with van der Waals surface area (Å²) in [6.07, 6.45) is 3.06. The number of benzene rings is 3. The first-order valence-electron chi connectivity index (χ1n) is 13.9. The SMILES string of the molecule is CC(C)(O)COc1cc2nccc(Oc3ccc(NC(=O)c4cccn(-c5ccc(F)cc5)c4=O)c(Cl)c3)c2c2c1OCCO2. The Morgan fingerprint density at radius 1 is 1.07 bits per heavy atom. The summed E-state index contributed by atoms with van der Waals surface area (Å²) in [6.45, 7) is 3.93. The molecular weight excluding hydrogens is 605 g/mol. The number of hydrogen-bond donors (Lipinski definition) is 2. The first-order valence-corrected chi connectivity index (χ1v) is 14.3. The Morgan fingerprint density at radius 2 is 1.82 bits per heavy atom. The summed E-state index contributed by atoms with van der Waals surface area (Å²) in [5.74, 6) is 0.825. The van der Waals surface area contributed by atoms with Gasteiger partial charge in [-0.1, -0.05) is 11.6 Å². The van der Waals surface area contributed by atoms with Crippen LogP contribution in [0.15, 0.2) is 83.9 Å². The zero-order valence-corrected chi connectivity index (χ0v) is 24.9. The molecule has 12 heteroatoms. The van der Waals surface area contributed by atoms with Crippen LogP contribution in [0.1, 0.15) is 24.2 Å². The third-order valence-electron chi connectivity index (χ3n) is 6.74. The number of carbonyl (C=O) groups excluding carboxylic acids is 1. The van der Waals surface area contributed by atoms with Gasteiger partial charge in [0.1, 0.15) is 42.7 Å². The van der Waals surface area contributed by atoms with Crippen LogP contribution in [-0.2, 0) is 0 Å². The molecule has 0 unspecified atom stereocenters. The van der Waals surface area contributed by atoms with Crippen molar-refractivity contribution in [3.8, 4) is 34.4 Å². The van der Waals surface area contributed by atoms with Crippen LogP contribution >= 0.6 is 11.6 Å². The van der Waals surface area contributed by atoms with Crippen LogP contribution < -0.4 is 29.8 Å². The summed E-state index contributed by atoms with van der Waals surface area (Å²) < 4.78 is 38.5. The van der Waals surface area contributed by atoms with Gasteiger partial charge in [0, 0.05) is 30.2 Å². The number of nitrogens with one attached hydrogen (secondary N) is 1. The number of pyridine rings is 2. The van der Waals surface area contributed by atoms with Gasteiger partial charge in [-0.3, -0.25) is 19.1 Å². The molecule has 0 radical (unpaired) electrons. The number of aliphatic hydroxyl groups is 1. The van der Waals surface area contributed by atoms with Crippen molar-refractivity contribution in [1.82, 2.24) is 9.55 Å². The molecule has 0 bridgehead atoms. The third-order valence-corrected chi connectivity index (χ3v) is 7.05. The predicted octanol–water partition coefficient (Wildman–Crippen LogP) is 6.14. The molecule has 0 atom stereocenters. The normalized spacial score (nSPS) is 12.6. The van der Waals surface area contributed by atoms with E-state index in [4.69, 9.17) is 30.5 Å². The molecule has 3 heterocycles. The van der Waals surface area contributed by atoms with Crippen LogP contribution in [0.25, 0.3) is 16.6 Å². The summed E-state index contributed by atoms with van der Waals surface area (Å²) in [5.41, 5.74) is -0.579. The summed E-state index contributed by atoms with van der Waals surface area (Å²) in [4.78, 5) is 30.6. The molecular formula is C33H27ClFN3O7. The fourth-order valence-electron chi connectivity index (χ4n) is 4.67. The second-order valence-electron chi connectivity index (χ2n) is 10.8. The Bertz CT molecular complexity index is 1970. The maximum Gasteiger partial charge on any atom is 0.267 e. The highest BCUT2D eigenvalue weighted by atomic mass is 35.5. The lowest BCUT2D eigenvalue weighted by molar-refractivity contribution is 0.0265. The van der Waals surface area contributed by atoms with Crippen LogP contribution in [-0.4, -0.2) is 46.0 Å². The molecule has 0 spiro atoms. The monoisotopic (exact) mass is 631 g/mol. The first-order chi connectivity index (χ1) is 21.6. The lowest BCUT2D eigenvalue weighted by Crippen LogP contribution is -2.28. The quantitative estimate of drug-likeness (QED) is 0.209. The number of ether oxygens (including phenoxy) is 4. The van der Waals surface area contributed by atoms with Crippen molar-refractivity contribution in [1.29, 1.82) is 0 Å². The average molecular weight is 632 g/mol. The van der Waals surface area contributed by atoms with Gasteiger partial charge in [-0.25, -0.2) is 4.39 Å². The summed E-state index contributed by atoms with van der Waals surface area (Å²) in [6, 6.07) is 16.3. The number of halogens is 2. The first kappa shape index (κ1) is 29.9. The van der Waals surface area contributed by atoms with Gasteiger partial charge < -0.3 is 29.4 Å². The lowest BCUT2D eigenvalue weighted by Gasteiger charge is -2.25. The van der Waals surface area contributed by atoms with E-state index in [1.807, 2.05) is 0 Å². The van der Waals surface area contributed by atoms with Crippen molar-refractivity contribution in [3.63, 3.8) is 0 Å². The van der Waals surface area contributed by atoms with Gasteiger partial charge in [-0.15, -0.1) is 0 Å². The number of carbonyl (C=O) groups is 1. The van der Waals surface area contributed by atoms with Gasteiger partial charge in [0.05, 0.1) is 27.2 Å². The molecule has 230 valence electrons. The van der Waals surface area contributed by atoms with Crippen molar-refractivity contribution >= 4 is 34.1 Å². The highest BCUT2D eigenvalue weighted by molar-refractivity contribution is 6.34. The topological polar surface area (TPSA) is 121 Å². The van der Waals surface area contributed by atoms with Gasteiger partial charge in [0.25, 0.3) is 11.5 Å². The van der Waals surface area contributed by atoms with Crippen molar-refractivity contribution in [2.45, 2.75) is 19.4 Å². The van der Waals surface area contributed by atoms with E-state index in [1.54, 1.807) is 50.4 Å². The van der Waals surface area contributed by atoms with E-state index < -0.39 is 22.9 Å². The highest BCUT2D eigenvalue weighted by Gasteiger charge is 2.26. The van der Waals surface area contributed by atoms with Gasteiger partial charge >= 0.3 is 0 Å². The molecule has 1 aliphatic heterocycles. The average Bonchev–Trinajstić information content (AvgIpc) is 3.01. The Labute approximate surface area is 261 Å². The summed E-state index contributed by atoms with van der Waals surface area (Å²) in [7, 11) is 0. The molecule has 3 aromatic carbocycles. The van der Waals surface area contributed by atoms with Crippen LogP contribution in [0.5, 0.6) is 28.7 Å². The van der Waals surface area contributed by atoms with Crippen molar-refractivity contribution < 1.29 is 33.2 Å². The Kier molecular flexibility index (Phi) is 8.05. The second kappa shape index (κ2) is 12.1. The number of rotatable bonds is 8. The largest absolute Gasteiger partial charge is 0.486 e. The molecule has 0 aliphatic carbocycles. The molecule has 10 nitrogen and oxygen atoms in total. The van der Waals surface area contributed by atoms with Crippen molar-refractivity contribution in [2.75, 3.05) is 25.1 Å². The Hall–Kier alpha value is -5.13. The van der Waals surface area contributed by atoms with E-state index in [1.165, 1.54) is 47.2 Å². The Morgan fingerprint density at radius 3 is 2.56 bits per heavy atom. The molecule has 6 rings (SSSR count). The molecule has 0 saturated carbocycles. The summed E-state index contributed by atoms with van der Waals surface area (Å²) in [5, 5.41) is 13.5. The Balaban J connectivity index is 1.25. The number of fused-ring (bicyclic) bond motifs is 3. The molecule has 1 amide bonds. The zero-order chi connectivity index (χ0) is 31.7. The van der Waals surface area contributed by atoms with E-state index in [9.17, 15) is 19.1 Å². The second-order valence-corrected chi connectivity index (χ2v) is 11.2. The maximum atomic E-state index is 13.4. The van der Waals surface area contributed by atoms with E-state index in [2.05, 4.69) is 10.3 Å². The zero-order valence-electron chi connectivity index (χ0n) is 24.2. The number of hydrogen-bond acceptors (Lipinski definition) is 8. The van der Waals surface area contributed by atoms with E-state index in [0.29, 0.717) is 58.6 Å². The fraction of sp³-hybridized carbons (Fsp3) is 0.182. The van der Waals surface area contributed by atoms with E-state index >= 15 is 0 Å². The minimum absolute atomic E-state index is 0.0283. The van der Waals surface area contributed by atoms with Crippen molar-refractivity contribution in [3.05, 3.63) is 106 Å². The fourth-order valence-corrected chi connectivity index (χ4v) is 4.89. The molecule has 1 aliphatic rings. The number of aromatic nitrogens is 2. The van der Waals surface area contributed by atoms with Crippen LogP contribution in [0.3, 0.4) is 0 Å². The van der Waals surface area contributed by atoms with E-state index in [0.717, 1.165) is 0 Å². The predicted molar refractivity (Wildman–Crippen MR) is 166 cm³/mol. The minimum atomic E-state index is -1.06. The molecule has 0 saturated heterocycles. The van der Waals surface area contributed by atoms with E-state index in [-0.39, 0.29) is 22.9 Å². The van der Waals surface area contributed by atoms with Gasteiger partial charge in [0.15, 0.2) is 11.5 Å². The lowest BCUT2D eigenvalue weighted by atomic mass is 10.1. The summed E-state index contributed by atoms with van der Waals surface area (Å²) >= 11 is 6.53. The molecule has 5 aromatic rings. The number of nitrogens with zero attached hydrogens (tertiary/aromatic N) is 2. The number of amides is 1. The van der Waals surface area contributed by atoms with Crippen molar-refractivity contribution in [2.24, 2.45) is 0 Å². The van der Waals surface area contributed by atoms with Gasteiger partial charge in [0.2, 0.25) is 5.75 Å². The van der Waals surface area contributed by atoms with Crippen LogP contribution in [0, 0.1) is 5.82 Å². The molecule has 0 fully saturated rings. The standard InChI is InChI=1S/C33H27ClFN3O7/c1-33(2,41)18-44-27-17-25-28(30-29(27)42-14-15-43-30)26(11-12-36-25)45-21-9-10-24(23(34)16-21)37-31(39)22-4-3-13-38(32(22)40)20-7-5-19(35)6-8-20/h3-13,16-17,41H,14-15,18H2,1-2H3,(H,37,39). The van der Waals surface area contributed by atoms with Crippen LogP contribution in [0.2, 0.25) is 5.02 Å². The molecule has 2 aromatic heterocycles. The smallest absolute Gasteiger partial charge is 0.267 e. The molecule has 45 heavy (non-hydrogen) atoms. The highest BCUT2D eigenvalue weighted by Crippen LogP contribution is 2.48. The minimum Gasteiger partial charge on any atom is -0.486 e. The maximum absolute atomic E-state index is 13.4. The van der Waals surface area contributed by atoms with Crippen LogP contribution in [0.4, 0.5) is 10.1 Å².